The molecule has 0 radical (unpaired) electrons. The maximum Gasteiger partial charge on any atom is 0.211 e. The summed E-state index contributed by atoms with van der Waals surface area (Å²) in [5.41, 5.74) is 0. The Hall–Kier alpha value is 0.260. The summed E-state index contributed by atoms with van der Waals surface area (Å²) in [6.07, 6.45) is 5.15. The fourth-order valence-corrected chi connectivity index (χ4v) is 3.44. The lowest BCUT2D eigenvalue weighted by atomic mass is 9.98. The zero-order chi connectivity index (χ0) is 15.7. The van der Waals surface area contributed by atoms with Crippen molar-refractivity contribution in [3.63, 3.8) is 0 Å². The molecule has 0 unspecified atom stereocenters. The first-order chi connectivity index (χ1) is 9.97. The van der Waals surface area contributed by atoms with Gasteiger partial charge < -0.3 is 10.6 Å². The molecule has 6 nitrogen and oxygen atoms in total. The van der Waals surface area contributed by atoms with Crippen LogP contribution >= 0.6 is 35.7 Å². The second-order valence-electron chi connectivity index (χ2n) is 5.24. The highest BCUT2D eigenvalue weighted by molar-refractivity contribution is 14.0. The van der Waals surface area contributed by atoms with E-state index in [-0.39, 0.29) is 24.0 Å². The number of sulfonamides is 1. The third-order valence-corrected chi connectivity index (χ3v) is 5.41. The van der Waals surface area contributed by atoms with Crippen LogP contribution in [0.2, 0.25) is 0 Å². The molecule has 0 saturated carbocycles. The van der Waals surface area contributed by atoms with Crippen LogP contribution in [0.3, 0.4) is 0 Å². The molecule has 0 atom stereocenters. The van der Waals surface area contributed by atoms with Gasteiger partial charge in [-0.05, 0) is 31.9 Å². The molecule has 1 rings (SSSR count). The molecule has 22 heavy (non-hydrogen) atoms. The molecule has 1 aliphatic heterocycles. The van der Waals surface area contributed by atoms with Crippen LogP contribution in [0.15, 0.2) is 4.99 Å². The van der Waals surface area contributed by atoms with Crippen molar-refractivity contribution in [2.24, 2.45) is 10.9 Å². The van der Waals surface area contributed by atoms with Crippen molar-refractivity contribution in [1.29, 1.82) is 0 Å². The van der Waals surface area contributed by atoms with Gasteiger partial charge in [0.2, 0.25) is 10.0 Å². The van der Waals surface area contributed by atoms with Gasteiger partial charge in [-0.1, -0.05) is 0 Å². The predicted octanol–water partition coefficient (Wildman–Crippen LogP) is 1.19. The van der Waals surface area contributed by atoms with Crippen molar-refractivity contribution < 1.29 is 8.42 Å². The minimum absolute atomic E-state index is 0. The lowest BCUT2D eigenvalue weighted by molar-refractivity contribution is 0.280. The van der Waals surface area contributed by atoms with Gasteiger partial charge in [-0.25, -0.2) is 12.7 Å². The number of rotatable bonds is 7. The maximum absolute atomic E-state index is 11.5. The number of hydrogen-bond acceptors (Lipinski definition) is 4. The Morgan fingerprint density at radius 1 is 1.32 bits per heavy atom. The summed E-state index contributed by atoms with van der Waals surface area (Å²) in [5, 5.41) is 6.54. The fraction of sp³-hybridized carbons (Fsp3) is 0.923. The molecule has 0 spiro atoms. The van der Waals surface area contributed by atoms with E-state index < -0.39 is 10.0 Å². The Bertz CT molecular complexity index is 424. The van der Waals surface area contributed by atoms with Gasteiger partial charge in [0.1, 0.15) is 0 Å². The minimum Gasteiger partial charge on any atom is -0.357 e. The third-order valence-electron chi connectivity index (χ3n) is 3.49. The highest BCUT2D eigenvalue weighted by Crippen LogP contribution is 2.19. The highest BCUT2D eigenvalue weighted by atomic mass is 127. The Kier molecular flexibility index (Phi) is 11.9. The quantitative estimate of drug-likeness (QED) is 0.256. The van der Waals surface area contributed by atoms with Crippen LogP contribution in [0.25, 0.3) is 0 Å². The predicted molar refractivity (Wildman–Crippen MR) is 107 cm³/mol. The highest BCUT2D eigenvalue weighted by Gasteiger charge is 2.24. The molecule has 132 valence electrons. The Balaban J connectivity index is 0.00000441. The topological polar surface area (TPSA) is 73.8 Å². The van der Waals surface area contributed by atoms with E-state index in [2.05, 4.69) is 28.8 Å². The molecule has 1 fully saturated rings. The maximum atomic E-state index is 11.5. The van der Waals surface area contributed by atoms with Crippen LogP contribution in [0.1, 0.15) is 19.8 Å². The molecule has 1 aliphatic rings. The van der Waals surface area contributed by atoms with Crippen LogP contribution in [0.4, 0.5) is 0 Å². The SMILES string of the molecule is CCNC(=NCC1CCN(S(C)(=O)=O)CC1)NCCSC.I. The summed E-state index contributed by atoms with van der Waals surface area (Å²) in [6, 6.07) is 0. The number of thioether (sulfide) groups is 1. The Morgan fingerprint density at radius 3 is 2.45 bits per heavy atom. The molecule has 0 aromatic carbocycles. The van der Waals surface area contributed by atoms with Crippen LogP contribution < -0.4 is 10.6 Å². The van der Waals surface area contributed by atoms with E-state index >= 15 is 0 Å². The number of hydrogen-bond donors (Lipinski definition) is 2. The van der Waals surface area contributed by atoms with E-state index in [1.807, 2.05) is 0 Å². The van der Waals surface area contributed by atoms with Crippen LogP contribution in [-0.4, -0.2) is 69.7 Å². The van der Waals surface area contributed by atoms with Crippen LogP contribution in [0, 0.1) is 5.92 Å². The van der Waals surface area contributed by atoms with Gasteiger partial charge in [-0.15, -0.1) is 24.0 Å². The second-order valence-corrected chi connectivity index (χ2v) is 8.21. The van der Waals surface area contributed by atoms with Crippen molar-refractivity contribution in [1.82, 2.24) is 14.9 Å². The zero-order valence-corrected chi connectivity index (χ0v) is 17.6. The fourth-order valence-electron chi connectivity index (χ4n) is 2.26. The molecule has 9 heteroatoms. The average Bonchev–Trinajstić information content (AvgIpc) is 2.44. The molecule has 0 bridgehead atoms. The largest absolute Gasteiger partial charge is 0.357 e. The van der Waals surface area contributed by atoms with E-state index in [9.17, 15) is 8.42 Å². The summed E-state index contributed by atoms with van der Waals surface area (Å²) < 4.78 is 24.5. The van der Waals surface area contributed by atoms with E-state index in [0.717, 1.165) is 44.2 Å². The second kappa shape index (κ2) is 11.7. The number of nitrogens with zero attached hydrogens (tertiary/aromatic N) is 2. The van der Waals surface area contributed by atoms with Crippen molar-refractivity contribution in [3.05, 3.63) is 0 Å². The van der Waals surface area contributed by atoms with Gasteiger partial charge in [0.15, 0.2) is 5.96 Å². The number of halogens is 1. The number of nitrogens with one attached hydrogen (secondary N) is 2. The summed E-state index contributed by atoms with van der Waals surface area (Å²) in [4.78, 5) is 4.61. The summed E-state index contributed by atoms with van der Waals surface area (Å²) in [6.45, 7) is 5.80. The van der Waals surface area contributed by atoms with Gasteiger partial charge in [0.05, 0.1) is 6.26 Å². The molecular weight excluding hydrogens is 435 g/mol. The van der Waals surface area contributed by atoms with Crippen molar-refractivity contribution in [2.45, 2.75) is 19.8 Å². The smallest absolute Gasteiger partial charge is 0.211 e. The first kappa shape index (κ1) is 22.3. The summed E-state index contributed by atoms with van der Waals surface area (Å²) >= 11 is 1.80. The van der Waals surface area contributed by atoms with E-state index in [4.69, 9.17) is 0 Å². The number of piperidine rings is 1. The van der Waals surface area contributed by atoms with Gasteiger partial charge in [-0.2, -0.15) is 11.8 Å². The number of guanidine groups is 1. The summed E-state index contributed by atoms with van der Waals surface area (Å²) in [7, 11) is -3.03. The first-order valence-corrected chi connectivity index (χ1v) is 10.7. The molecule has 1 saturated heterocycles. The average molecular weight is 464 g/mol. The molecule has 2 N–H and O–H groups in total. The Morgan fingerprint density at radius 2 is 1.95 bits per heavy atom. The van der Waals surface area contributed by atoms with Crippen molar-refractivity contribution >= 4 is 51.7 Å². The molecule has 0 aliphatic carbocycles. The van der Waals surface area contributed by atoms with Crippen LogP contribution in [0.5, 0.6) is 0 Å². The molecule has 1 heterocycles. The van der Waals surface area contributed by atoms with Gasteiger partial charge in [0.25, 0.3) is 0 Å². The number of aliphatic imine (C=N–C) groups is 1. The first-order valence-electron chi connectivity index (χ1n) is 7.43. The van der Waals surface area contributed by atoms with Gasteiger partial charge in [-0.3, -0.25) is 4.99 Å². The van der Waals surface area contributed by atoms with Crippen molar-refractivity contribution in [3.8, 4) is 0 Å². The molecule has 0 aromatic rings. The lowest BCUT2D eigenvalue weighted by Crippen LogP contribution is -2.40. The van der Waals surface area contributed by atoms with E-state index in [0.29, 0.717) is 19.0 Å². The minimum atomic E-state index is -3.03. The van der Waals surface area contributed by atoms with Crippen LogP contribution in [-0.2, 0) is 10.0 Å². The van der Waals surface area contributed by atoms with E-state index in [1.165, 1.54) is 6.26 Å². The molecule has 0 aromatic heterocycles. The standard InChI is InChI=1S/C13H28N4O2S2.HI/c1-4-14-13(15-7-10-20-2)16-11-12-5-8-17(9-6-12)21(3,18)19;/h12H,4-11H2,1-3H3,(H2,14,15,16);1H. The van der Waals surface area contributed by atoms with E-state index in [1.54, 1.807) is 16.1 Å². The van der Waals surface area contributed by atoms with Crippen molar-refractivity contribution in [2.75, 3.05) is 51.0 Å². The normalized spacial score (nSPS) is 17.9. The molecule has 0 amide bonds. The lowest BCUT2D eigenvalue weighted by Gasteiger charge is -2.29. The Labute approximate surface area is 156 Å². The van der Waals surface area contributed by atoms with Gasteiger partial charge in [0, 0.05) is 38.5 Å². The summed E-state index contributed by atoms with van der Waals surface area (Å²) in [5.74, 6) is 2.38. The molecular formula is C13H29IN4O2S2. The van der Waals surface area contributed by atoms with Gasteiger partial charge >= 0.3 is 0 Å². The zero-order valence-electron chi connectivity index (χ0n) is 13.7. The monoisotopic (exact) mass is 464 g/mol. The third kappa shape index (κ3) is 8.78.